The summed E-state index contributed by atoms with van der Waals surface area (Å²) in [6.45, 7) is 0.343. The monoisotopic (exact) mass is 726 g/mol. The first kappa shape index (κ1) is 36.4. The van der Waals surface area contributed by atoms with E-state index in [4.69, 9.17) is 14.7 Å². The van der Waals surface area contributed by atoms with E-state index in [0.29, 0.717) is 23.4 Å². The van der Waals surface area contributed by atoms with Crippen molar-refractivity contribution in [2.24, 2.45) is 4.99 Å². The molecule has 9 nitrogen and oxygen atoms in total. The fraction of sp³-hybridized carbons (Fsp3) is 0.256. The molecule has 1 aliphatic rings. The molecule has 1 fully saturated rings. The second-order valence-electron chi connectivity index (χ2n) is 14.1. The van der Waals surface area contributed by atoms with Crippen LogP contribution in [0.15, 0.2) is 127 Å². The molecule has 2 aromatic heterocycles. The number of halogens is 2. The van der Waals surface area contributed by atoms with Crippen LogP contribution < -0.4 is 15.2 Å². The van der Waals surface area contributed by atoms with Crippen LogP contribution in [0.1, 0.15) is 59.7 Å². The first-order valence-corrected chi connectivity index (χ1v) is 18.0. The summed E-state index contributed by atoms with van der Waals surface area (Å²) in [6.07, 6.45) is 5.72. The highest BCUT2D eigenvalue weighted by Crippen LogP contribution is 2.44. The highest BCUT2D eigenvalue weighted by molar-refractivity contribution is 6.14. The molecule has 0 amide bonds. The summed E-state index contributed by atoms with van der Waals surface area (Å²) < 4.78 is 33.4. The fourth-order valence-electron chi connectivity index (χ4n) is 6.89. The van der Waals surface area contributed by atoms with Crippen LogP contribution in [-0.4, -0.2) is 70.4 Å². The Bertz CT molecular complexity index is 2180. The second-order valence-corrected chi connectivity index (χ2v) is 14.1. The topological polar surface area (TPSA) is 114 Å². The van der Waals surface area contributed by atoms with E-state index < -0.39 is 23.6 Å². The van der Waals surface area contributed by atoms with Crippen molar-refractivity contribution >= 4 is 28.5 Å². The third-order valence-corrected chi connectivity index (χ3v) is 9.85. The normalized spacial score (nSPS) is 14.1. The summed E-state index contributed by atoms with van der Waals surface area (Å²) in [7, 11) is 3.97. The largest absolute Gasteiger partial charge is 0.858 e. The minimum atomic E-state index is -3.04. The Hall–Kier alpha value is -5.94. The number of ether oxygens (including phenoxy) is 1. The van der Waals surface area contributed by atoms with Crippen LogP contribution in [0.25, 0.3) is 11.2 Å². The van der Waals surface area contributed by atoms with Gasteiger partial charge in [-0.2, -0.15) is 8.78 Å². The van der Waals surface area contributed by atoms with Crippen LogP contribution in [-0.2, 0) is 5.54 Å². The third-order valence-electron chi connectivity index (χ3n) is 9.85. The number of aromatic nitrogens is 3. The van der Waals surface area contributed by atoms with Gasteiger partial charge in [0.2, 0.25) is 0 Å². The second kappa shape index (κ2) is 15.2. The number of rotatable bonds is 15. The standard InChI is InChI=1S/C43H43F2N7O2/c1-42(22-23-42)50-40(53)34-28-52(43(29-14-7-4-8-15-29,30-16-9-5-10-17-30)31-18-11-6-12-19-31)39-38(34)49-36(27-48-39)37(46)33-26-32(54-41(44)45)20-21-35(33)47-24-13-25-51(2)3/h4-12,14-21,26-28,41,46-47H,13,22-25H2,1-3H3,(H,50,53)/p-1. The van der Waals surface area contributed by atoms with Crippen molar-refractivity contribution in [2.75, 3.05) is 32.5 Å². The van der Waals surface area contributed by atoms with Crippen LogP contribution in [0.2, 0.25) is 0 Å². The van der Waals surface area contributed by atoms with Gasteiger partial charge in [-0.05, 0) is 87.6 Å². The number of aliphatic imine (C=N–C) groups is 1. The first-order valence-electron chi connectivity index (χ1n) is 18.0. The van der Waals surface area contributed by atoms with Gasteiger partial charge >= 0.3 is 6.61 Å². The Kier molecular flexibility index (Phi) is 10.2. The molecular formula is C43H42F2N7O2-. The van der Waals surface area contributed by atoms with Gasteiger partial charge in [-0.1, -0.05) is 91.0 Å². The molecule has 0 bridgehead atoms. The maximum Gasteiger partial charge on any atom is 0.387 e. The molecule has 0 atom stereocenters. The molecule has 1 saturated carbocycles. The summed E-state index contributed by atoms with van der Waals surface area (Å²) in [5.74, 6) is -0.509. The van der Waals surface area contributed by atoms with E-state index >= 15 is 0 Å². The van der Waals surface area contributed by atoms with Crippen molar-refractivity contribution in [3.8, 4) is 5.75 Å². The van der Waals surface area contributed by atoms with E-state index in [-0.39, 0.29) is 28.2 Å². The Morgan fingerprint density at radius 3 is 2.07 bits per heavy atom. The van der Waals surface area contributed by atoms with E-state index in [1.165, 1.54) is 18.3 Å². The summed E-state index contributed by atoms with van der Waals surface area (Å²) in [6, 6.07) is 34.6. The molecular weight excluding hydrogens is 685 g/mol. The Morgan fingerprint density at radius 1 is 0.944 bits per heavy atom. The minimum absolute atomic E-state index is 0.0723. The molecule has 6 aromatic rings. The Labute approximate surface area is 313 Å². The number of alkyl halides is 2. The predicted molar refractivity (Wildman–Crippen MR) is 207 cm³/mol. The van der Waals surface area contributed by atoms with Crippen molar-refractivity contribution in [3.63, 3.8) is 0 Å². The lowest BCUT2D eigenvalue weighted by atomic mass is 9.76. The molecule has 0 saturated heterocycles. The van der Waals surface area contributed by atoms with Crippen molar-refractivity contribution in [2.45, 2.75) is 43.9 Å². The minimum Gasteiger partial charge on any atom is -0.858 e. The lowest BCUT2D eigenvalue weighted by Crippen LogP contribution is -2.37. The Morgan fingerprint density at radius 2 is 1.54 bits per heavy atom. The zero-order valence-electron chi connectivity index (χ0n) is 30.5. The van der Waals surface area contributed by atoms with Crippen LogP contribution >= 0.6 is 0 Å². The molecule has 1 aliphatic carbocycles. The lowest BCUT2D eigenvalue weighted by molar-refractivity contribution is -0.213. The number of hydrogen-bond donors (Lipinski definition) is 2. The average molecular weight is 727 g/mol. The van der Waals surface area contributed by atoms with Gasteiger partial charge in [0.05, 0.1) is 17.4 Å². The van der Waals surface area contributed by atoms with Gasteiger partial charge < -0.3 is 24.6 Å². The highest BCUT2D eigenvalue weighted by Gasteiger charge is 2.41. The van der Waals surface area contributed by atoms with Gasteiger partial charge in [0, 0.05) is 29.6 Å². The van der Waals surface area contributed by atoms with E-state index in [1.54, 1.807) is 12.3 Å². The smallest absolute Gasteiger partial charge is 0.387 e. The summed E-state index contributed by atoms with van der Waals surface area (Å²) >= 11 is 0. The quantitative estimate of drug-likeness (QED) is 0.0497. The number of nitrogens with one attached hydrogen (secondary N) is 2. The lowest BCUT2D eigenvalue weighted by Gasteiger charge is -2.38. The SMILES string of the molecule is CN(C)CCCNc1ccc(OC(F)F)cc1C(=N)c1cnc2c(n1)c(C([O-])=NC1(C)CC1)cn2C(c1ccccc1)(c1ccccc1)c1ccccc1. The van der Waals surface area contributed by atoms with Gasteiger partial charge in [0.25, 0.3) is 0 Å². The number of benzene rings is 4. The molecule has 0 aliphatic heterocycles. The number of nitrogens with zero attached hydrogens (tertiary/aromatic N) is 5. The maximum absolute atomic E-state index is 14.2. The molecule has 11 heteroatoms. The summed E-state index contributed by atoms with van der Waals surface area (Å²) in [5.41, 5.74) is 3.25. The fourth-order valence-corrected chi connectivity index (χ4v) is 6.89. The molecule has 4 aromatic carbocycles. The Balaban J connectivity index is 1.45. The van der Waals surface area contributed by atoms with E-state index in [2.05, 4.69) is 51.6 Å². The molecule has 0 spiro atoms. The van der Waals surface area contributed by atoms with Crippen LogP contribution in [0.4, 0.5) is 14.5 Å². The van der Waals surface area contributed by atoms with Crippen molar-refractivity contribution < 1.29 is 18.6 Å². The summed E-state index contributed by atoms with van der Waals surface area (Å²) in [4.78, 5) is 16.6. The van der Waals surface area contributed by atoms with Gasteiger partial charge in [-0.15, -0.1) is 0 Å². The van der Waals surface area contributed by atoms with E-state index in [1.807, 2.05) is 80.2 Å². The predicted octanol–water partition coefficient (Wildman–Crippen LogP) is 7.31. The van der Waals surface area contributed by atoms with Crippen molar-refractivity contribution in [1.82, 2.24) is 19.4 Å². The molecule has 2 N–H and O–H groups in total. The van der Waals surface area contributed by atoms with Crippen molar-refractivity contribution in [3.05, 3.63) is 155 Å². The first-order chi connectivity index (χ1) is 26.1. The van der Waals surface area contributed by atoms with Gasteiger partial charge in [0.15, 0.2) is 5.65 Å². The van der Waals surface area contributed by atoms with Gasteiger partial charge in [0.1, 0.15) is 22.5 Å². The number of fused-ring (bicyclic) bond motifs is 1. The molecule has 0 radical (unpaired) electrons. The van der Waals surface area contributed by atoms with Gasteiger partial charge in [-0.25, -0.2) is 9.97 Å². The van der Waals surface area contributed by atoms with Crippen LogP contribution in [0, 0.1) is 5.41 Å². The zero-order valence-corrected chi connectivity index (χ0v) is 30.5. The number of hydrogen-bond acceptors (Lipinski definition) is 8. The highest BCUT2D eigenvalue weighted by atomic mass is 19.3. The number of anilines is 1. The molecule has 54 heavy (non-hydrogen) atoms. The summed E-state index contributed by atoms with van der Waals surface area (Å²) in [5, 5.41) is 26.9. The van der Waals surface area contributed by atoms with E-state index in [9.17, 15) is 19.3 Å². The van der Waals surface area contributed by atoms with Crippen LogP contribution in [0.3, 0.4) is 0 Å². The van der Waals surface area contributed by atoms with Crippen molar-refractivity contribution in [1.29, 1.82) is 5.41 Å². The molecule has 7 rings (SSSR count). The average Bonchev–Trinajstić information content (AvgIpc) is 3.78. The molecule has 2 heterocycles. The maximum atomic E-state index is 14.2. The van der Waals surface area contributed by atoms with Crippen LogP contribution in [0.5, 0.6) is 5.75 Å². The zero-order chi connectivity index (χ0) is 37.9. The molecule has 276 valence electrons. The third kappa shape index (κ3) is 7.32. The van der Waals surface area contributed by atoms with Gasteiger partial charge in [-0.3, -0.25) is 10.4 Å². The van der Waals surface area contributed by atoms with E-state index in [0.717, 1.165) is 42.5 Å². The molecule has 0 unspecified atom stereocenters.